The zero-order valence-electron chi connectivity index (χ0n) is 20.3. The number of nitrogens with zero attached hydrogens (tertiary/aromatic N) is 3. The molecule has 0 bridgehead atoms. The molecule has 6 nitrogen and oxygen atoms in total. The summed E-state index contributed by atoms with van der Waals surface area (Å²) in [5.41, 5.74) is 4.89. The lowest BCUT2D eigenvalue weighted by molar-refractivity contribution is -0.0741. The number of piperidine rings is 1. The normalized spacial score (nSPS) is 18.8. The van der Waals surface area contributed by atoms with Crippen LogP contribution in [0.25, 0.3) is 10.9 Å². The molecule has 3 aliphatic rings. The van der Waals surface area contributed by atoms with Crippen LogP contribution < -0.4 is 0 Å². The fourth-order valence-corrected chi connectivity index (χ4v) is 6.20. The molecule has 2 fully saturated rings. The molecule has 1 saturated carbocycles. The van der Waals surface area contributed by atoms with Crippen molar-refractivity contribution in [1.29, 1.82) is 0 Å². The van der Waals surface area contributed by atoms with Crippen LogP contribution in [0.1, 0.15) is 70.4 Å². The lowest BCUT2D eigenvalue weighted by atomic mass is 9.83. The molecular formula is C29H28ClN3O3. The molecule has 2 aliphatic heterocycles. The van der Waals surface area contributed by atoms with Crippen molar-refractivity contribution in [2.45, 2.75) is 57.3 Å². The number of hydrogen-bond acceptors (Lipinski definition) is 4. The number of ether oxygens (including phenoxy) is 1. The van der Waals surface area contributed by atoms with E-state index in [-0.39, 0.29) is 11.5 Å². The summed E-state index contributed by atoms with van der Waals surface area (Å²) in [4.78, 5) is 20.4. The number of carbonyl (C=O) groups is 1. The zero-order chi connectivity index (χ0) is 24.4. The van der Waals surface area contributed by atoms with E-state index in [0.717, 1.165) is 48.0 Å². The van der Waals surface area contributed by atoms with Crippen LogP contribution >= 0.6 is 11.6 Å². The van der Waals surface area contributed by atoms with Gasteiger partial charge in [-0.1, -0.05) is 41.9 Å². The van der Waals surface area contributed by atoms with E-state index in [1.54, 1.807) is 0 Å². The predicted molar refractivity (Wildman–Crippen MR) is 137 cm³/mol. The van der Waals surface area contributed by atoms with Crippen molar-refractivity contribution in [1.82, 2.24) is 14.5 Å². The van der Waals surface area contributed by atoms with Gasteiger partial charge in [-0.15, -0.1) is 0 Å². The lowest BCUT2D eigenvalue weighted by Gasteiger charge is -2.39. The van der Waals surface area contributed by atoms with Crippen LogP contribution in [0.3, 0.4) is 0 Å². The molecule has 2 aromatic carbocycles. The van der Waals surface area contributed by atoms with Gasteiger partial charge in [0.05, 0.1) is 29.8 Å². The summed E-state index contributed by atoms with van der Waals surface area (Å²) in [6.45, 7) is 4.44. The fourth-order valence-electron chi connectivity index (χ4n) is 6.03. The first-order chi connectivity index (χ1) is 17.5. The van der Waals surface area contributed by atoms with Gasteiger partial charge in [0.1, 0.15) is 11.5 Å². The van der Waals surface area contributed by atoms with Crippen molar-refractivity contribution in [3.8, 4) is 0 Å². The van der Waals surface area contributed by atoms with Crippen LogP contribution in [0.15, 0.2) is 53.1 Å². The van der Waals surface area contributed by atoms with E-state index in [1.165, 1.54) is 11.1 Å². The Morgan fingerprint density at radius 3 is 2.78 bits per heavy atom. The van der Waals surface area contributed by atoms with E-state index in [9.17, 15) is 4.79 Å². The molecule has 1 aliphatic carbocycles. The molecule has 0 radical (unpaired) electrons. The van der Waals surface area contributed by atoms with Gasteiger partial charge in [-0.25, -0.2) is 4.98 Å². The number of oxazole rings is 1. The number of aromatic nitrogens is 2. The third kappa shape index (κ3) is 3.58. The molecule has 0 N–H and O–H groups in total. The molecule has 7 rings (SSSR count). The summed E-state index contributed by atoms with van der Waals surface area (Å²) >= 11 is 6.38. The van der Waals surface area contributed by atoms with Crippen molar-refractivity contribution in [2.75, 3.05) is 13.1 Å². The summed E-state index contributed by atoms with van der Waals surface area (Å²) in [5, 5.41) is 1.57. The smallest absolute Gasteiger partial charge is 0.256 e. The number of benzene rings is 2. The van der Waals surface area contributed by atoms with Gasteiger partial charge in [0.2, 0.25) is 0 Å². The highest BCUT2D eigenvalue weighted by Gasteiger charge is 2.43. The Morgan fingerprint density at radius 2 is 1.97 bits per heavy atom. The highest BCUT2D eigenvalue weighted by molar-refractivity contribution is 6.31. The Bertz CT molecular complexity index is 1490. The molecule has 1 spiro atoms. The van der Waals surface area contributed by atoms with E-state index in [2.05, 4.69) is 33.8 Å². The van der Waals surface area contributed by atoms with Crippen LogP contribution in [-0.2, 0) is 23.5 Å². The summed E-state index contributed by atoms with van der Waals surface area (Å²) < 4.78 is 14.3. The molecule has 184 valence electrons. The summed E-state index contributed by atoms with van der Waals surface area (Å²) in [7, 11) is 0. The predicted octanol–water partition coefficient (Wildman–Crippen LogP) is 6.18. The summed E-state index contributed by atoms with van der Waals surface area (Å²) in [5.74, 6) is 2.20. The van der Waals surface area contributed by atoms with Crippen LogP contribution in [0, 0.1) is 6.92 Å². The molecule has 2 aromatic heterocycles. The number of aryl methyl sites for hydroxylation is 1. The molecule has 1 amide bonds. The topological polar surface area (TPSA) is 60.5 Å². The van der Waals surface area contributed by atoms with E-state index in [1.807, 2.05) is 36.2 Å². The van der Waals surface area contributed by atoms with Gasteiger partial charge in [0.15, 0.2) is 5.89 Å². The van der Waals surface area contributed by atoms with Crippen LogP contribution in [0.2, 0.25) is 5.02 Å². The van der Waals surface area contributed by atoms with Gasteiger partial charge in [0.25, 0.3) is 5.91 Å². The van der Waals surface area contributed by atoms with Gasteiger partial charge in [-0.05, 0) is 48.9 Å². The number of amides is 1. The van der Waals surface area contributed by atoms with Gasteiger partial charge >= 0.3 is 0 Å². The van der Waals surface area contributed by atoms with Gasteiger partial charge in [-0.3, -0.25) is 4.79 Å². The first-order valence-corrected chi connectivity index (χ1v) is 13.1. The summed E-state index contributed by atoms with van der Waals surface area (Å²) in [6, 6.07) is 14.2. The van der Waals surface area contributed by atoms with Crippen LogP contribution in [0.4, 0.5) is 0 Å². The maximum absolute atomic E-state index is 13.8. The maximum Gasteiger partial charge on any atom is 0.256 e. The second-order valence-corrected chi connectivity index (χ2v) is 10.8. The molecule has 0 unspecified atom stereocenters. The standard InChI is InChI=1S/C29H28ClN3O3/c1-18-31-25(27(36-18)19-6-7-19)16-33-15-23(22-9-8-21(30)14-26(22)33)28(34)32-12-10-29(11-13-32)24-5-3-2-4-20(24)17-35-29/h2-5,8-9,14-15,19H,6-7,10-13,16-17H2,1H3. The summed E-state index contributed by atoms with van der Waals surface area (Å²) in [6.07, 6.45) is 5.88. The van der Waals surface area contributed by atoms with Crippen molar-refractivity contribution >= 4 is 28.4 Å². The van der Waals surface area contributed by atoms with E-state index >= 15 is 0 Å². The highest BCUT2D eigenvalue weighted by atomic mass is 35.5. The maximum atomic E-state index is 13.8. The zero-order valence-corrected chi connectivity index (χ0v) is 21.1. The molecule has 7 heteroatoms. The van der Waals surface area contributed by atoms with Crippen LogP contribution in [0.5, 0.6) is 0 Å². The van der Waals surface area contributed by atoms with Gasteiger partial charge < -0.3 is 18.6 Å². The average molecular weight is 502 g/mol. The third-order valence-electron chi connectivity index (χ3n) is 8.05. The molecule has 36 heavy (non-hydrogen) atoms. The fraction of sp³-hybridized carbons (Fsp3) is 0.379. The Morgan fingerprint density at radius 1 is 1.17 bits per heavy atom. The molecule has 1 saturated heterocycles. The number of halogens is 1. The molecular weight excluding hydrogens is 474 g/mol. The van der Waals surface area contributed by atoms with Crippen molar-refractivity contribution in [2.24, 2.45) is 0 Å². The number of rotatable bonds is 4. The van der Waals surface area contributed by atoms with E-state index in [4.69, 9.17) is 20.8 Å². The highest BCUT2D eigenvalue weighted by Crippen LogP contribution is 2.45. The first-order valence-electron chi connectivity index (χ1n) is 12.8. The Labute approximate surface area is 214 Å². The number of fused-ring (bicyclic) bond motifs is 3. The molecule has 0 atom stereocenters. The second-order valence-electron chi connectivity index (χ2n) is 10.4. The first kappa shape index (κ1) is 22.1. The molecule has 4 aromatic rings. The Hall–Kier alpha value is -3.09. The lowest BCUT2D eigenvalue weighted by Crippen LogP contribution is -2.45. The minimum absolute atomic E-state index is 0.0564. The minimum atomic E-state index is -0.265. The van der Waals surface area contributed by atoms with E-state index < -0.39 is 0 Å². The third-order valence-corrected chi connectivity index (χ3v) is 8.28. The number of carbonyl (C=O) groups excluding carboxylic acids is 1. The van der Waals surface area contributed by atoms with Crippen molar-refractivity contribution < 1.29 is 13.9 Å². The van der Waals surface area contributed by atoms with Gasteiger partial charge in [0, 0.05) is 42.5 Å². The van der Waals surface area contributed by atoms with Crippen LogP contribution in [-0.4, -0.2) is 33.4 Å². The Balaban J connectivity index is 1.18. The number of hydrogen-bond donors (Lipinski definition) is 0. The van der Waals surface area contributed by atoms with E-state index in [0.29, 0.717) is 48.6 Å². The average Bonchev–Trinajstić information content (AvgIpc) is 3.47. The monoisotopic (exact) mass is 501 g/mol. The molecule has 4 heterocycles. The second kappa shape index (κ2) is 8.22. The minimum Gasteiger partial charge on any atom is -0.445 e. The Kier molecular flexibility index (Phi) is 5.05. The number of likely N-dealkylation sites (tertiary alicyclic amines) is 1. The van der Waals surface area contributed by atoms with Gasteiger partial charge in [-0.2, -0.15) is 0 Å². The largest absolute Gasteiger partial charge is 0.445 e. The quantitative estimate of drug-likeness (QED) is 0.335. The van der Waals surface area contributed by atoms with Crippen molar-refractivity contribution in [3.05, 3.63) is 87.7 Å². The SMILES string of the molecule is Cc1nc(Cn2cc(C(=O)N3CCC4(CC3)OCc3ccccc34)c3ccc(Cl)cc32)c(C2CC2)o1. The van der Waals surface area contributed by atoms with Crippen molar-refractivity contribution in [3.63, 3.8) is 0 Å².